The van der Waals surface area contributed by atoms with Crippen molar-refractivity contribution >= 4 is 0 Å². The average molecular weight is 329 g/mol. The van der Waals surface area contributed by atoms with Crippen molar-refractivity contribution in [3.05, 3.63) is 12.3 Å². The second kappa shape index (κ2) is 15.0. The minimum atomic E-state index is -0.483. The highest BCUT2D eigenvalue weighted by Crippen LogP contribution is 2.31. The van der Waals surface area contributed by atoms with Gasteiger partial charge in [0.05, 0.1) is 12.9 Å². The maximum atomic E-state index is 5.66. The van der Waals surface area contributed by atoms with E-state index >= 15 is 0 Å². The normalized spacial score (nSPS) is 13.6. The molecule has 0 saturated heterocycles. The fourth-order valence-corrected chi connectivity index (χ4v) is 2.90. The molecule has 138 valence electrons. The molecule has 0 aliphatic carbocycles. The molecule has 0 saturated carbocycles. The van der Waals surface area contributed by atoms with Gasteiger partial charge in [-0.3, -0.25) is 0 Å². The van der Waals surface area contributed by atoms with Crippen LogP contribution in [0.2, 0.25) is 0 Å². The van der Waals surface area contributed by atoms with E-state index in [0.717, 1.165) is 32.3 Å². The lowest BCUT2D eigenvalue weighted by Crippen LogP contribution is -2.39. The van der Waals surface area contributed by atoms with Gasteiger partial charge in [-0.15, -0.1) is 0 Å². The van der Waals surface area contributed by atoms with Crippen LogP contribution in [-0.2, 0) is 14.2 Å². The molecular weight excluding hydrogens is 288 g/mol. The zero-order chi connectivity index (χ0) is 17.4. The van der Waals surface area contributed by atoms with Gasteiger partial charge in [0.1, 0.15) is 0 Å². The first-order valence-electron chi connectivity index (χ1n) is 9.51. The first kappa shape index (κ1) is 22.5. The molecule has 0 aromatic carbocycles. The van der Waals surface area contributed by atoms with E-state index in [4.69, 9.17) is 14.2 Å². The van der Waals surface area contributed by atoms with Crippen LogP contribution in [0.15, 0.2) is 12.3 Å². The molecule has 3 heteroatoms. The fourth-order valence-electron chi connectivity index (χ4n) is 2.90. The van der Waals surface area contributed by atoms with E-state index < -0.39 is 5.79 Å². The Hall–Kier alpha value is -0.540. The predicted octanol–water partition coefficient (Wildman–Crippen LogP) is 6.08. The van der Waals surface area contributed by atoms with Crippen LogP contribution in [0.25, 0.3) is 0 Å². The van der Waals surface area contributed by atoms with Gasteiger partial charge in [-0.25, -0.2) is 0 Å². The Morgan fingerprint density at radius 3 is 2.09 bits per heavy atom. The zero-order valence-electron chi connectivity index (χ0n) is 16.2. The van der Waals surface area contributed by atoms with Crippen LogP contribution >= 0.6 is 0 Å². The summed E-state index contributed by atoms with van der Waals surface area (Å²) < 4.78 is 16.8. The average Bonchev–Trinajstić information content (AvgIpc) is 2.58. The van der Waals surface area contributed by atoms with Gasteiger partial charge in [-0.2, -0.15) is 0 Å². The molecule has 0 rings (SSSR count). The molecule has 0 amide bonds. The van der Waals surface area contributed by atoms with Gasteiger partial charge in [-0.05, 0) is 32.6 Å². The molecule has 0 spiro atoms. The first-order chi connectivity index (χ1) is 11.1. The van der Waals surface area contributed by atoms with Crippen molar-refractivity contribution in [3.63, 3.8) is 0 Å². The topological polar surface area (TPSA) is 27.7 Å². The molecule has 0 radical (unpaired) electrons. The molecule has 23 heavy (non-hydrogen) atoms. The van der Waals surface area contributed by atoms with Gasteiger partial charge in [0.2, 0.25) is 0 Å². The lowest BCUT2D eigenvalue weighted by atomic mass is 9.88. The highest BCUT2D eigenvalue weighted by molar-refractivity contribution is 4.76. The molecule has 0 fully saturated rings. The van der Waals surface area contributed by atoms with Crippen LogP contribution in [0.1, 0.15) is 85.0 Å². The van der Waals surface area contributed by atoms with Crippen LogP contribution < -0.4 is 0 Å². The second-order valence-electron chi connectivity index (χ2n) is 6.47. The molecular formula is C20H40O3. The fraction of sp³-hybridized carbons (Fsp3) is 0.900. The van der Waals surface area contributed by atoms with Gasteiger partial charge >= 0.3 is 0 Å². The Balaban J connectivity index is 4.16. The largest absolute Gasteiger partial charge is 0.502 e. The molecule has 0 aromatic heterocycles. The van der Waals surface area contributed by atoms with E-state index in [1.165, 1.54) is 38.5 Å². The summed E-state index contributed by atoms with van der Waals surface area (Å²) in [7, 11) is 3.50. The highest BCUT2D eigenvalue weighted by atomic mass is 16.7. The summed E-state index contributed by atoms with van der Waals surface area (Å²) in [4.78, 5) is 0. The Morgan fingerprint density at radius 1 is 0.870 bits per heavy atom. The molecule has 1 atom stereocenters. The van der Waals surface area contributed by atoms with E-state index in [1.54, 1.807) is 14.2 Å². The third kappa shape index (κ3) is 10.8. The summed E-state index contributed by atoms with van der Waals surface area (Å²) in [5, 5.41) is 0. The van der Waals surface area contributed by atoms with Crippen molar-refractivity contribution in [2.24, 2.45) is 5.92 Å². The molecule has 0 aromatic rings. The predicted molar refractivity (Wildman–Crippen MR) is 98.5 cm³/mol. The van der Waals surface area contributed by atoms with Crippen molar-refractivity contribution in [1.29, 1.82) is 0 Å². The summed E-state index contributed by atoms with van der Waals surface area (Å²) in [6.07, 6.45) is 16.1. The van der Waals surface area contributed by atoms with Crippen LogP contribution in [0, 0.1) is 5.92 Å². The highest BCUT2D eigenvalue weighted by Gasteiger charge is 2.33. The van der Waals surface area contributed by atoms with Crippen molar-refractivity contribution in [2.75, 3.05) is 20.8 Å². The number of ether oxygens (including phenoxy) is 3. The number of rotatable bonds is 16. The number of hydrogen-bond acceptors (Lipinski definition) is 3. The van der Waals surface area contributed by atoms with E-state index in [-0.39, 0.29) is 0 Å². The summed E-state index contributed by atoms with van der Waals surface area (Å²) in [5.74, 6) is -0.0645. The first-order valence-corrected chi connectivity index (χ1v) is 9.51. The molecule has 1 unspecified atom stereocenters. The van der Waals surface area contributed by atoms with Gasteiger partial charge in [-0.1, -0.05) is 58.4 Å². The minimum absolute atomic E-state index is 0.419. The number of unbranched alkanes of at least 4 members (excludes halogenated alkanes) is 5. The smallest absolute Gasteiger partial charge is 0.167 e. The Kier molecular flexibility index (Phi) is 14.7. The zero-order valence-corrected chi connectivity index (χ0v) is 16.2. The van der Waals surface area contributed by atoms with E-state index in [2.05, 4.69) is 20.8 Å². The van der Waals surface area contributed by atoms with Crippen molar-refractivity contribution in [1.82, 2.24) is 0 Å². The molecule has 0 heterocycles. The Bertz CT molecular complexity index is 272. The molecule has 0 aliphatic rings. The molecule has 0 N–H and O–H groups in total. The summed E-state index contributed by atoms with van der Waals surface area (Å²) in [6.45, 7) is 7.20. The second-order valence-corrected chi connectivity index (χ2v) is 6.47. The van der Waals surface area contributed by atoms with Crippen LogP contribution in [0.4, 0.5) is 0 Å². The summed E-state index contributed by atoms with van der Waals surface area (Å²) in [5.41, 5.74) is 0. The van der Waals surface area contributed by atoms with Gasteiger partial charge in [0, 0.05) is 20.1 Å². The number of allylic oxidation sites excluding steroid dienone is 1. The van der Waals surface area contributed by atoms with Crippen molar-refractivity contribution in [2.45, 2.75) is 90.8 Å². The van der Waals surface area contributed by atoms with Crippen LogP contribution in [-0.4, -0.2) is 26.6 Å². The third-order valence-corrected chi connectivity index (χ3v) is 4.70. The van der Waals surface area contributed by atoms with Gasteiger partial charge < -0.3 is 14.2 Å². The molecule has 0 aliphatic heterocycles. The number of hydrogen-bond donors (Lipinski definition) is 0. The maximum Gasteiger partial charge on any atom is 0.167 e. The molecule has 3 nitrogen and oxygen atoms in total. The lowest BCUT2D eigenvalue weighted by molar-refractivity contribution is -0.230. The van der Waals surface area contributed by atoms with Crippen LogP contribution in [0.3, 0.4) is 0 Å². The SMILES string of the molecule is CCC=COCCCC(CCCCCCCC)C(C)(OC)OC. The van der Waals surface area contributed by atoms with E-state index in [1.807, 2.05) is 12.3 Å². The number of methoxy groups -OCH3 is 2. The Morgan fingerprint density at radius 2 is 1.48 bits per heavy atom. The van der Waals surface area contributed by atoms with E-state index in [0.29, 0.717) is 5.92 Å². The van der Waals surface area contributed by atoms with Crippen LogP contribution in [0.5, 0.6) is 0 Å². The van der Waals surface area contributed by atoms with Crippen molar-refractivity contribution < 1.29 is 14.2 Å². The van der Waals surface area contributed by atoms with E-state index in [9.17, 15) is 0 Å². The standard InChI is InChI=1S/C20H40O3/c1-6-8-10-11-12-13-15-19(20(3,21-4)22-5)16-14-18-23-17-9-7-2/h9,17,19H,6-8,10-16,18H2,1-5H3. The summed E-state index contributed by atoms with van der Waals surface area (Å²) >= 11 is 0. The van der Waals surface area contributed by atoms with Gasteiger partial charge in [0.25, 0.3) is 0 Å². The monoisotopic (exact) mass is 328 g/mol. The lowest BCUT2D eigenvalue weighted by Gasteiger charge is -2.35. The Labute approximate surface area is 144 Å². The third-order valence-electron chi connectivity index (χ3n) is 4.70. The summed E-state index contributed by atoms with van der Waals surface area (Å²) in [6, 6.07) is 0. The maximum absolute atomic E-state index is 5.66. The molecule has 0 bridgehead atoms. The van der Waals surface area contributed by atoms with Crippen molar-refractivity contribution in [3.8, 4) is 0 Å². The van der Waals surface area contributed by atoms with Gasteiger partial charge in [0.15, 0.2) is 5.79 Å². The minimum Gasteiger partial charge on any atom is -0.502 e. The quantitative estimate of drug-likeness (QED) is 0.195.